The second kappa shape index (κ2) is 14.5. The van der Waals surface area contributed by atoms with Crippen molar-refractivity contribution in [2.75, 3.05) is 43.6 Å². The molecular formula is C29H39N5O6. The standard InChI is InChI=1S/C28H35N5O5.CH4O/c1-3-5-12-32(11-4-2)27(36)18-7-6-8-21(16-18)33-13-14-38-24(28(33)37)23(34)26(35)31-20-9-10-22-19(15-20)17-30-25(22)29;1-2/h6-10,15-16,23-24,34H,3-5,11-14,17H2,1-2H3,(H2,29,30)(H,31,35);2H,1H3/t23-,24-;/m1./s1. The highest BCUT2D eigenvalue weighted by atomic mass is 16.5. The van der Waals surface area contributed by atoms with Crippen LogP contribution in [-0.4, -0.2) is 84.2 Å². The molecule has 2 aromatic rings. The maximum Gasteiger partial charge on any atom is 0.259 e. The Morgan fingerprint density at radius 1 is 1.18 bits per heavy atom. The number of hydrogen-bond acceptors (Lipinski definition) is 8. The number of nitrogens with two attached hydrogens (primary N) is 1. The Bertz CT molecular complexity index is 1230. The lowest BCUT2D eigenvalue weighted by Crippen LogP contribution is -2.55. The highest BCUT2D eigenvalue weighted by molar-refractivity contribution is 6.05. The van der Waals surface area contributed by atoms with Gasteiger partial charge >= 0.3 is 0 Å². The van der Waals surface area contributed by atoms with E-state index in [1.54, 1.807) is 42.5 Å². The zero-order chi connectivity index (χ0) is 29.2. The highest BCUT2D eigenvalue weighted by Crippen LogP contribution is 2.24. The van der Waals surface area contributed by atoms with Gasteiger partial charge in [-0.2, -0.15) is 0 Å². The fourth-order valence-corrected chi connectivity index (χ4v) is 4.67. The van der Waals surface area contributed by atoms with Gasteiger partial charge < -0.3 is 35.8 Å². The van der Waals surface area contributed by atoms with E-state index in [4.69, 9.17) is 15.6 Å². The minimum Gasteiger partial charge on any atom is -0.400 e. The number of morpholine rings is 1. The first-order chi connectivity index (χ1) is 19.3. The molecule has 2 heterocycles. The van der Waals surface area contributed by atoms with Gasteiger partial charge in [-0.15, -0.1) is 0 Å². The van der Waals surface area contributed by atoms with E-state index in [9.17, 15) is 19.5 Å². The number of unbranched alkanes of at least 4 members (excludes halogenated alkanes) is 1. The van der Waals surface area contributed by atoms with Crippen LogP contribution in [0, 0.1) is 0 Å². The van der Waals surface area contributed by atoms with Crippen LogP contribution in [0.25, 0.3) is 0 Å². The van der Waals surface area contributed by atoms with Crippen molar-refractivity contribution in [1.29, 1.82) is 0 Å². The predicted octanol–water partition coefficient (Wildman–Crippen LogP) is 1.90. The minimum absolute atomic E-state index is 0.0830. The van der Waals surface area contributed by atoms with Crippen LogP contribution in [0.1, 0.15) is 54.6 Å². The minimum atomic E-state index is -1.72. The second-order valence-electron chi connectivity index (χ2n) is 9.48. The van der Waals surface area contributed by atoms with Gasteiger partial charge in [0.15, 0.2) is 12.2 Å². The lowest BCUT2D eigenvalue weighted by Gasteiger charge is -2.34. The van der Waals surface area contributed by atoms with E-state index in [0.717, 1.165) is 37.5 Å². The fraction of sp³-hybridized carbons (Fsp3) is 0.448. The normalized spacial score (nSPS) is 16.8. The molecule has 5 N–H and O–H groups in total. The van der Waals surface area contributed by atoms with E-state index < -0.39 is 24.0 Å². The van der Waals surface area contributed by atoms with Crippen molar-refractivity contribution < 1.29 is 29.3 Å². The molecule has 0 bridgehead atoms. The molecule has 0 unspecified atom stereocenters. The summed E-state index contributed by atoms with van der Waals surface area (Å²) in [5.74, 6) is -0.938. The number of amides is 3. The van der Waals surface area contributed by atoms with Crippen LogP contribution in [0.15, 0.2) is 47.5 Å². The van der Waals surface area contributed by atoms with Crippen LogP contribution in [-0.2, 0) is 20.9 Å². The van der Waals surface area contributed by atoms with E-state index in [-0.39, 0.29) is 19.1 Å². The van der Waals surface area contributed by atoms with Gasteiger partial charge in [0.05, 0.1) is 13.2 Å². The molecule has 1 saturated heterocycles. The zero-order valence-electron chi connectivity index (χ0n) is 23.3. The summed E-state index contributed by atoms with van der Waals surface area (Å²) in [6.45, 7) is 6.25. The third kappa shape index (κ3) is 7.04. The quantitative estimate of drug-likeness (QED) is 0.350. The number of carbonyl (C=O) groups is 3. The Labute approximate surface area is 234 Å². The maximum atomic E-state index is 13.3. The van der Waals surface area contributed by atoms with Crippen molar-refractivity contribution >= 4 is 34.9 Å². The van der Waals surface area contributed by atoms with Crippen LogP contribution in [0.3, 0.4) is 0 Å². The van der Waals surface area contributed by atoms with Crippen LogP contribution in [0.5, 0.6) is 0 Å². The van der Waals surface area contributed by atoms with Crippen molar-refractivity contribution in [2.45, 2.75) is 51.9 Å². The molecule has 2 aromatic carbocycles. The third-order valence-corrected chi connectivity index (χ3v) is 6.71. The Morgan fingerprint density at radius 2 is 1.95 bits per heavy atom. The first-order valence-corrected chi connectivity index (χ1v) is 13.5. The summed E-state index contributed by atoms with van der Waals surface area (Å²) in [4.78, 5) is 46.7. The summed E-state index contributed by atoms with van der Waals surface area (Å²) in [6, 6.07) is 12.0. The lowest BCUT2D eigenvalue weighted by molar-refractivity contribution is -0.150. The van der Waals surface area contributed by atoms with Gasteiger partial charge in [0.2, 0.25) is 0 Å². The highest BCUT2D eigenvalue weighted by Gasteiger charge is 2.39. The lowest BCUT2D eigenvalue weighted by atomic mass is 10.1. The molecule has 0 saturated carbocycles. The van der Waals surface area contributed by atoms with E-state index in [2.05, 4.69) is 17.2 Å². The number of amidine groups is 1. The average molecular weight is 554 g/mol. The monoisotopic (exact) mass is 553 g/mol. The maximum absolute atomic E-state index is 13.3. The summed E-state index contributed by atoms with van der Waals surface area (Å²) in [7, 11) is 1.00. The third-order valence-electron chi connectivity index (χ3n) is 6.71. The Morgan fingerprint density at radius 3 is 2.67 bits per heavy atom. The smallest absolute Gasteiger partial charge is 0.259 e. The molecule has 2 aliphatic heterocycles. The van der Waals surface area contributed by atoms with E-state index >= 15 is 0 Å². The number of hydrogen-bond donors (Lipinski definition) is 4. The van der Waals surface area contributed by atoms with E-state index in [1.807, 2.05) is 11.8 Å². The molecule has 0 aliphatic carbocycles. The molecular weight excluding hydrogens is 514 g/mol. The SMILES string of the molecule is CCCCN(CCC)C(=O)c1cccc(N2CCO[C@H]([C@@H](O)C(=O)Nc3ccc4c(c3)CN=C4N)C2=O)c1.CO. The number of aliphatic imine (C=N–C) groups is 1. The molecule has 216 valence electrons. The second-order valence-corrected chi connectivity index (χ2v) is 9.48. The first kappa shape index (κ1) is 30.7. The average Bonchev–Trinajstić information content (AvgIpc) is 3.35. The number of aliphatic hydroxyl groups is 2. The molecule has 3 amide bonds. The van der Waals surface area contributed by atoms with E-state index in [1.165, 1.54) is 4.90 Å². The van der Waals surface area contributed by atoms with Gasteiger partial charge in [0.1, 0.15) is 5.84 Å². The number of ether oxygens (including phenoxy) is 1. The number of nitrogens with one attached hydrogen (secondary N) is 1. The number of nitrogens with zero attached hydrogens (tertiary/aromatic N) is 3. The Hall–Kier alpha value is -3.80. The van der Waals surface area contributed by atoms with Gasteiger partial charge in [-0.1, -0.05) is 26.3 Å². The molecule has 1 fully saturated rings. The van der Waals surface area contributed by atoms with Gasteiger partial charge in [-0.3, -0.25) is 19.4 Å². The number of benzene rings is 2. The predicted molar refractivity (Wildman–Crippen MR) is 153 cm³/mol. The molecule has 2 aliphatic rings. The van der Waals surface area contributed by atoms with E-state index in [0.29, 0.717) is 42.4 Å². The van der Waals surface area contributed by atoms with Gasteiger partial charge in [-0.25, -0.2) is 0 Å². The topological polar surface area (TPSA) is 158 Å². The number of rotatable bonds is 10. The molecule has 40 heavy (non-hydrogen) atoms. The van der Waals surface area contributed by atoms with Crippen LogP contribution < -0.4 is 16.0 Å². The summed E-state index contributed by atoms with van der Waals surface area (Å²) in [5.41, 5.74) is 8.99. The summed E-state index contributed by atoms with van der Waals surface area (Å²) >= 11 is 0. The zero-order valence-corrected chi connectivity index (χ0v) is 23.3. The molecule has 0 aromatic heterocycles. The van der Waals surface area contributed by atoms with Crippen molar-refractivity contribution in [3.05, 3.63) is 59.2 Å². The summed E-state index contributed by atoms with van der Waals surface area (Å²) < 4.78 is 5.53. The van der Waals surface area contributed by atoms with Crippen molar-refractivity contribution in [3.63, 3.8) is 0 Å². The number of aliphatic hydroxyl groups excluding tert-OH is 2. The van der Waals surface area contributed by atoms with Gasteiger partial charge in [-0.05, 0) is 54.8 Å². The summed E-state index contributed by atoms with van der Waals surface area (Å²) in [5, 5.41) is 20.4. The van der Waals surface area contributed by atoms with Crippen LogP contribution in [0.4, 0.5) is 11.4 Å². The van der Waals surface area contributed by atoms with Crippen molar-refractivity contribution in [2.24, 2.45) is 10.7 Å². The number of fused-ring (bicyclic) bond motifs is 1. The molecule has 0 radical (unpaired) electrons. The Kier molecular flexibility index (Phi) is 11.2. The molecule has 2 atom stereocenters. The fourth-order valence-electron chi connectivity index (χ4n) is 4.67. The Balaban J connectivity index is 0.00000216. The molecule has 11 heteroatoms. The first-order valence-electron chi connectivity index (χ1n) is 13.5. The molecule has 11 nitrogen and oxygen atoms in total. The van der Waals surface area contributed by atoms with Crippen molar-refractivity contribution in [1.82, 2.24) is 4.90 Å². The largest absolute Gasteiger partial charge is 0.400 e. The number of anilines is 2. The molecule has 0 spiro atoms. The van der Waals surface area contributed by atoms with Gasteiger partial charge in [0.25, 0.3) is 17.7 Å². The van der Waals surface area contributed by atoms with Crippen molar-refractivity contribution in [3.8, 4) is 0 Å². The van der Waals surface area contributed by atoms with Crippen LogP contribution >= 0.6 is 0 Å². The number of carbonyl (C=O) groups excluding carboxylic acids is 3. The van der Waals surface area contributed by atoms with Gasteiger partial charge in [0, 0.05) is 49.2 Å². The summed E-state index contributed by atoms with van der Waals surface area (Å²) in [6.07, 6.45) is -0.340. The molecule has 4 rings (SSSR count). The van der Waals surface area contributed by atoms with Crippen LogP contribution in [0.2, 0.25) is 0 Å².